The number of carbonyl (C=O) groups excluding carboxylic acids is 1. The number of nitrogens with one attached hydrogen (secondary N) is 1. The van der Waals surface area contributed by atoms with Gasteiger partial charge in [0, 0.05) is 19.3 Å². The summed E-state index contributed by atoms with van der Waals surface area (Å²) in [5.41, 5.74) is 0.769. The van der Waals surface area contributed by atoms with E-state index in [1.807, 2.05) is 36.2 Å². The molecule has 19 heavy (non-hydrogen) atoms. The molecular formula is C13H17N5O. The van der Waals surface area contributed by atoms with Crippen LogP contribution in [0, 0.1) is 0 Å². The first-order valence-corrected chi connectivity index (χ1v) is 6.61. The summed E-state index contributed by atoms with van der Waals surface area (Å²) in [6, 6.07) is 5.39. The van der Waals surface area contributed by atoms with Crippen LogP contribution in [0.25, 0.3) is 5.65 Å². The van der Waals surface area contributed by atoms with E-state index in [0.29, 0.717) is 5.95 Å². The molecule has 3 heterocycles. The van der Waals surface area contributed by atoms with Crippen LogP contribution in [0.4, 0.5) is 5.95 Å². The molecule has 1 fully saturated rings. The lowest BCUT2D eigenvalue weighted by molar-refractivity contribution is -0.130. The van der Waals surface area contributed by atoms with Crippen molar-refractivity contribution in [1.29, 1.82) is 0 Å². The van der Waals surface area contributed by atoms with Crippen LogP contribution in [0.15, 0.2) is 24.4 Å². The maximum absolute atomic E-state index is 12.2. The molecule has 2 aromatic rings. The minimum Gasteiger partial charge on any atom is -0.341 e. The van der Waals surface area contributed by atoms with E-state index >= 15 is 0 Å². The lowest BCUT2D eigenvalue weighted by atomic mass is 10.3. The van der Waals surface area contributed by atoms with E-state index in [1.165, 1.54) is 0 Å². The zero-order valence-corrected chi connectivity index (χ0v) is 10.9. The maximum atomic E-state index is 12.2. The molecule has 0 aromatic carbocycles. The van der Waals surface area contributed by atoms with Crippen LogP contribution < -0.4 is 5.32 Å². The van der Waals surface area contributed by atoms with Gasteiger partial charge in [-0.05, 0) is 31.9 Å². The molecule has 0 radical (unpaired) electrons. The third kappa shape index (κ3) is 2.38. The summed E-state index contributed by atoms with van der Waals surface area (Å²) in [6.45, 7) is 3.58. The van der Waals surface area contributed by atoms with Gasteiger partial charge in [0.2, 0.25) is 11.9 Å². The highest BCUT2D eigenvalue weighted by molar-refractivity contribution is 5.84. The molecule has 0 aliphatic carbocycles. The van der Waals surface area contributed by atoms with Crippen molar-refractivity contribution >= 4 is 17.5 Å². The van der Waals surface area contributed by atoms with Crippen LogP contribution >= 0.6 is 0 Å². The van der Waals surface area contributed by atoms with E-state index in [1.54, 1.807) is 4.52 Å². The molecule has 1 amide bonds. The fraction of sp³-hybridized carbons (Fsp3) is 0.462. The van der Waals surface area contributed by atoms with E-state index in [4.69, 9.17) is 0 Å². The summed E-state index contributed by atoms with van der Waals surface area (Å²) in [6.07, 6.45) is 4.04. The summed E-state index contributed by atoms with van der Waals surface area (Å²) in [7, 11) is 0. The molecule has 3 rings (SSSR count). The first-order chi connectivity index (χ1) is 9.24. The van der Waals surface area contributed by atoms with Crippen molar-refractivity contribution in [3.05, 3.63) is 24.4 Å². The second kappa shape index (κ2) is 4.87. The van der Waals surface area contributed by atoms with Crippen LogP contribution in [-0.4, -0.2) is 44.5 Å². The number of anilines is 1. The van der Waals surface area contributed by atoms with Crippen LogP contribution in [0.2, 0.25) is 0 Å². The molecule has 100 valence electrons. The summed E-state index contributed by atoms with van der Waals surface area (Å²) >= 11 is 0. The predicted molar refractivity (Wildman–Crippen MR) is 71.9 cm³/mol. The molecule has 1 N–H and O–H groups in total. The Morgan fingerprint density at radius 3 is 2.89 bits per heavy atom. The Balaban J connectivity index is 1.71. The third-order valence-electron chi connectivity index (χ3n) is 3.38. The van der Waals surface area contributed by atoms with Gasteiger partial charge in [0.25, 0.3) is 0 Å². The molecule has 1 saturated heterocycles. The number of hydrogen-bond acceptors (Lipinski definition) is 4. The second-order valence-corrected chi connectivity index (χ2v) is 4.84. The van der Waals surface area contributed by atoms with Gasteiger partial charge in [-0.1, -0.05) is 6.07 Å². The smallest absolute Gasteiger partial charge is 0.244 e. The van der Waals surface area contributed by atoms with E-state index in [0.717, 1.165) is 31.6 Å². The molecule has 1 aliphatic heterocycles. The highest BCUT2D eigenvalue weighted by Crippen LogP contribution is 2.11. The molecule has 6 nitrogen and oxygen atoms in total. The zero-order chi connectivity index (χ0) is 13.2. The van der Waals surface area contributed by atoms with Crippen molar-refractivity contribution in [2.24, 2.45) is 0 Å². The molecule has 1 unspecified atom stereocenters. The predicted octanol–water partition coefficient (Wildman–Crippen LogP) is 1.15. The number of nitrogens with zero attached hydrogens (tertiary/aromatic N) is 4. The monoisotopic (exact) mass is 259 g/mol. The first-order valence-electron chi connectivity index (χ1n) is 6.61. The van der Waals surface area contributed by atoms with Crippen molar-refractivity contribution in [3.63, 3.8) is 0 Å². The topological polar surface area (TPSA) is 62.5 Å². The molecule has 0 spiro atoms. The number of aromatic nitrogens is 3. The number of rotatable bonds is 3. The van der Waals surface area contributed by atoms with Gasteiger partial charge in [0.1, 0.15) is 6.04 Å². The fourth-order valence-electron chi connectivity index (χ4n) is 2.36. The second-order valence-electron chi connectivity index (χ2n) is 4.84. The Morgan fingerprint density at radius 1 is 1.37 bits per heavy atom. The molecule has 2 aromatic heterocycles. The Kier molecular flexibility index (Phi) is 3.06. The molecule has 1 aliphatic rings. The molecule has 1 atom stereocenters. The van der Waals surface area contributed by atoms with Crippen molar-refractivity contribution in [3.8, 4) is 0 Å². The SMILES string of the molecule is CC(Nc1nc2ccccn2n1)C(=O)N1CCCC1. The van der Waals surface area contributed by atoms with Gasteiger partial charge in [-0.25, -0.2) is 4.52 Å². The maximum Gasteiger partial charge on any atom is 0.244 e. The number of carbonyl (C=O) groups is 1. The Labute approximate surface area is 111 Å². The normalized spacial score (nSPS) is 16.8. The van der Waals surface area contributed by atoms with E-state index < -0.39 is 0 Å². The van der Waals surface area contributed by atoms with Crippen molar-refractivity contribution in [2.75, 3.05) is 18.4 Å². The quantitative estimate of drug-likeness (QED) is 0.898. The van der Waals surface area contributed by atoms with Crippen LogP contribution in [-0.2, 0) is 4.79 Å². The van der Waals surface area contributed by atoms with Gasteiger partial charge in [0.05, 0.1) is 0 Å². The Bertz CT molecular complexity index is 554. The number of fused-ring (bicyclic) bond motifs is 1. The number of amides is 1. The van der Waals surface area contributed by atoms with Crippen molar-refractivity contribution in [2.45, 2.75) is 25.8 Å². The highest BCUT2D eigenvalue weighted by atomic mass is 16.2. The van der Waals surface area contributed by atoms with Gasteiger partial charge in [-0.3, -0.25) is 4.79 Å². The van der Waals surface area contributed by atoms with Gasteiger partial charge in [-0.15, -0.1) is 5.10 Å². The average molecular weight is 259 g/mol. The summed E-state index contributed by atoms with van der Waals surface area (Å²) in [5.74, 6) is 0.614. The van der Waals surface area contributed by atoms with Gasteiger partial charge in [-0.2, -0.15) is 4.98 Å². The van der Waals surface area contributed by atoms with Crippen LogP contribution in [0.5, 0.6) is 0 Å². The summed E-state index contributed by atoms with van der Waals surface area (Å²) < 4.78 is 1.69. The summed E-state index contributed by atoms with van der Waals surface area (Å²) in [5, 5.41) is 7.36. The Morgan fingerprint density at radius 2 is 2.16 bits per heavy atom. The minimum atomic E-state index is -0.296. The van der Waals surface area contributed by atoms with E-state index in [2.05, 4.69) is 15.4 Å². The fourth-order valence-corrected chi connectivity index (χ4v) is 2.36. The molecule has 6 heteroatoms. The molecule has 0 saturated carbocycles. The largest absolute Gasteiger partial charge is 0.341 e. The summed E-state index contributed by atoms with van der Waals surface area (Å²) in [4.78, 5) is 18.4. The minimum absolute atomic E-state index is 0.122. The van der Waals surface area contributed by atoms with E-state index in [-0.39, 0.29) is 11.9 Å². The molecule has 0 bridgehead atoms. The number of hydrogen-bond donors (Lipinski definition) is 1. The number of pyridine rings is 1. The van der Waals surface area contributed by atoms with Gasteiger partial charge < -0.3 is 10.2 Å². The lowest BCUT2D eigenvalue weighted by Gasteiger charge is -2.20. The van der Waals surface area contributed by atoms with Gasteiger partial charge in [0.15, 0.2) is 5.65 Å². The van der Waals surface area contributed by atoms with E-state index in [9.17, 15) is 4.79 Å². The van der Waals surface area contributed by atoms with Crippen molar-refractivity contribution < 1.29 is 4.79 Å². The standard InChI is InChI=1S/C13H17N5O/c1-10(12(19)17-7-4-5-8-17)14-13-15-11-6-2-3-9-18(11)16-13/h2-3,6,9-10H,4-5,7-8H2,1H3,(H,14,16). The molecular weight excluding hydrogens is 242 g/mol. The highest BCUT2D eigenvalue weighted by Gasteiger charge is 2.23. The zero-order valence-electron chi connectivity index (χ0n) is 10.9. The van der Waals surface area contributed by atoms with Crippen molar-refractivity contribution in [1.82, 2.24) is 19.5 Å². The van der Waals surface area contributed by atoms with Gasteiger partial charge >= 0.3 is 0 Å². The van der Waals surface area contributed by atoms with Crippen LogP contribution in [0.1, 0.15) is 19.8 Å². The lowest BCUT2D eigenvalue weighted by Crippen LogP contribution is -2.39. The average Bonchev–Trinajstić information content (AvgIpc) is 3.06. The first kappa shape index (κ1) is 12.0. The Hall–Kier alpha value is -2.11. The third-order valence-corrected chi connectivity index (χ3v) is 3.38. The van der Waals surface area contributed by atoms with Crippen LogP contribution in [0.3, 0.4) is 0 Å². The number of likely N-dealkylation sites (tertiary alicyclic amines) is 1.